The number of rotatable bonds is 7. The Balaban J connectivity index is 1.83. The molecule has 0 aliphatic rings. The second-order valence-electron chi connectivity index (χ2n) is 4.16. The van der Waals surface area contributed by atoms with Crippen molar-refractivity contribution in [3.8, 4) is 0 Å². The summed E-state index contributed by atoms with van der Waals surface area (Å²) in [6.07, 6.45) is 1.08. The predicted octanol–water partition coefficient (Wildman–Crippen LogP) is 2.83. The zero-order valence-electron chi connectivity index (χ0n) is 10.8. The zero-order valence-corrected chi connectivity index (χ0v) is 11.6. The van der Waals surface area contributed by atoms with Crippen LogP contribution < -0.4 is 10.6 Å². The molecule has 0 saturated carbocycles. The summed E-state index contributed by atoms with van der Waals surface area (Å²) in [5.74, 6) is 0.585. The molecule has 0 radical (unpaired) electrons. The van der Waals surface area contributed by atoms with Crippen molar-refractivity contribution < 1.29 is 4.42 Å². The van der Waals surface area contributed by atoms with Gasteiger partial charge in [0.15, 0.2) is 0 Å². The van der Waals surface area contributed by atoms with E-state index >= 15 is 0 Å². The Kier molecular flexibility index (Phi) is 5.18. The highest BCUT2D eigenvalue weighted by molar-refractivity contribution is 6.30. The summed E-state index contributed by atoms with van der Waals surface area (Å²) in [5, 5.41) is 14.9. The average Bonchev–Trinajstić information content (AvgIpc) is 2.85. The number of nitrogens with one attached hydrogen (secondary N) is 2. The summed E-state index contributed by atoms with van der Waals surface area (Å²) >= 11 is 5.91. The Bertz CT molecular complexity index is 515. The van der Waals surface area contributed by atoms with Crippen LogP contribution in [0, 0.1) is 0 Å². The number of hydrogen-bond donors (Lipinski definition) is 2. The summed E-state index contributed by atoms with van der Waals surface area (Å²) in [7, 11) is 0. The molecule has 0 unspecified atom stereocenters. The van der Waals surface area contributed by atoms with E-state index in [1.165, 1.54) is 0 Å². The summed E-state index contributed by atoms with van der Waals surface area (Å²) in [6, 6.07) is 8.06. The van der Waals surface area contributed by atoms with Gasteiger partial charge in [-0.1, -0.05) is 35.8 Å². The molecule has 0 bridgehead atoms. The van der Waals surface area contributed by atoms with Crippen LogP contribution in [0.15, 0.2) is 28.7 Å². The highest BCUT2D eigenvalue weighted by Gasteiger charge is 2.05. The maximum Gasteiger partial charge on any atom is 0.315 e. The van der Waals surface area contributed by atoms with Crippen molar-refractivity contribution in [3.05, 3.63) is 40.7 Å². The standard InChI is InChI=1S/C13H17ClN4O/c1-2-6-15-9-12-17-18-13(19-12)16-8-10-4-3-5-11(14)7-10/h3-5,7,15H,2,6,8-9H2,1H3,(H,16,18). The fourth-order valence-corrected chi connectivity index (χ4v) is 1.81. The molecule has 5 nitrogen and oxygen atoms in total. The first kappa shape index (κ1) is 13.8. The van der Waals surface area contributed by atoms with Crippen molar-refractivity contribution in [1.82, 2.24) is 15.5 Å². The average molecular weight is 281 g/mol. The van der Waals surface area contributed by atoms with Crippen LogP contribution in [0.1, 0.15) is 24.8 Å². The SMILES string of the molecule is CCCNCc1nnc(NCc2cccc(Cl)c2)o1. The molecule has 0 atom stereocenters. The molecule has 0 fully saturated rings. The second-order valence-corrected chi connectivity index (χ2v) is 4.60. The van der Waals surface area contributed by atoms with E-state index in [9.17, 15) is 0 Å². The van der Waals surface area contributed by atoms with Gasteiger partial charge in [-0.3, -0.25) is 0 Å². The van der Waals surface area contributed by atoms with E-state index in [2.05, 4.69) is 27.8 Å². The minimum Gasteiger partial charge on any atom is -0.407 e. The second kappa shape index (κ2) is 7.11. The van der Waals surface area contributed by atoms with E-state index in [-0.39, 0.29) is 0 Å². The Morgan fingerprint density at radius 3 is 2.95 bits per heavy atom. The lowest BCUT2D eigenvalue weighted by molar-refractivity contribution is 0.477. The molecular formula is C13H17ClN4O. The van der Waals surface area contributed by atoms with E-state index in [1.54, 1.807) is 0 Å². The van der Waals surface area contributed by atoms with Crippen LogP contribution in [0.2, 0.25) is 5.02 Å². The Hall–Kier alpha value is -1.59. The van der Waals surface area contributed by atoms with E-state index < -0.39 is 0 Å². The molecule has 6 heteroatoms. The van der Waals surface area contributed by atoms with E-state index in [0.717, 1.165) is 18.5 Å². The third kappa shape index (κ3) is 4.54. The van der Waals surface area contributed by atoms with Gasteiger partial charge in [0, 0.05) is 11.6 Å². The van der Waals surface area contributed by atoms with Crippen LogP contribution >= 0.6 is 11.6 Å². The lowest BCUT2D eigenvalue weighted by atomic mass is 10.2. The summed E-state index contributed by atoms with van der Waals surface area (Å²) in [6.45, 7) is 4.25. The van der Waals surface area contributed by atoms with E-state index in [1.807, 2.05) is 24.3 Å². The van der Waals surface area contributed by atoms with Gasteiger partial charge in [-0.05, 0) is 30.7 Å². The van der Waals surface area contributed by atoms with Crippen LogP contribution in [0.5, 0.6) is 0 Å². The third-order valence-electron chi connectivity index (χ3n) is 2.50. The molecule has 19 heavy (non-hydrogen) atoms. The van der Waals surface area contributed by atoms with E-state index in [0.29, 0.717) is 30.0 Å². The fourth-order valence-electron chi connectivity index (χ4n) is 1.59. The highest BCUT2D eigenvalue weighted by atomic mass is 35.5. The molecular weight excluding hydrogens is 264 g/mol. The summed E-state index contributed by atoms with van der Waals surface area (Å²) in [4.78, 5) is 0. The van der Waals surface area contributed by atoms with Crippen LogP contribution in [-0.2, 0) is 13.1 Å². The van der Waals surface area contributed by atoms with Gasteiger partial charge in [0.2, 0.25) is 5.89 Å². The lowest BCUT2D eigenvalue weighted by Crippen LogP contribution is -2.13. The minimum absolute atomic E-state index is 0.424. The third-order valence-corrected chi connectivity index (χ3v) is 2.74. The number of aromatic nitrogens is 2. The Labute approximate surface area is 117 Å². The van der Waals surface area contributed by atoms with Crippen molar-refractivity contribution in [3.63, 3.8) is 0 Å². The summed E-state index contributed by atoms with van der Waals surface area (Å²) < 4.78 is 5.45. The molecule has 2 rings (SSSR count). The molecule has 1 heterocycles. The Morgan fingerprint density at radius 1 is 1.26 bits per heavy atom. The van der Waals surface area contributed by atoms with Crippen molar-refractivity contribution in [2.24, 2.45) is 0 Å². The molecule has 0 amide bonds. The van der Waals surface area contributed by atoms with Gasteiger partial charge in [-0.25, -0.2) is 0 Å². The molecule has 1 aromatic carbocycles. The maximum atomic E-state index is 5.91. The summed E-state index contributed by atoms with van der Waals surface area (Å²) in [5.41, 5.74) is 1.07. The topological polar surface area (TPSA) is 63.0 Å². The van der Waals surface area contributed by atoms with Crippen molar-refractivity contribution in [2.75, 3.05) is 11.9 Å². The number of benzene rings is 1. The number of hydrogen-bond acceptors (Lipinski definition) is 5. The molecule has 2 aromatic rings. The molecule has 2 N–H and O–H groups in total. The first-order valence-corrected chi connectivity index (χ1v) is 6.67. The number of nitrogens with zero attached hydrogens (tertiary/aromatic N) is 2. The van der Waals surface area contributed by atoms with Crippen molar-refractivity contribution in [1.29, 1.82) is 0 Å². The van der Waals surface area contributed by atoms with Crippen LogP contribution in [0.25, 0.3) is 0 Å². The van der Waals surface area contributed by atoms with Crippen LogP contribution in [0.3, 0.4) is 0 Å². The van der Waals surface area contributed by atoms with Gasteiger partial charge in [-0.2, -0.15) is 0 Å². The fraction of sp³-hybridized carbons (Fsp3) is 0.385. The van der Waals surface area contributed by atoms with Gasteiger partial charge >= 0.3 is 6.01 Å². The van der Waals surface area contributed by atoms with Crippen LogP contribution in [-0.4, -0.2) is 16.7 Å². The van der Waals surface area contributed by atoms with Crippen molar-refractivity contribution in [2.45, 2.75) is 26.4 Å². The Morgan fingerprint density at radius 2 is 2.16 bits per heavy atom. The number of anilines is 1. The van der Waals surface area contributed by atoms with Gasteiger partial charge in [0.1, 0.15) is 0 Å². The van der Waals surface area contributed by atoms with Gasteiger partial charge in [0.05, 0.1) is 6.54 Å². The van der Waals surface area contributed by atoms with Crippen molar-refractivity contribution >= 4 is 17.6 Å². The van der Waals surface area contributed by atoms with Gasteiger partial charge in [-0.15, -0.1) is 5.10 Å². The molecule has 102 valence electrons. The molecule has 0 saturated heterocycles. The number of halogens is 1. The zero-order chi connectivity index (χ0) is 13.5. The minimum atomic E-state index is 0.424. The van der Waals surface area contributed by atoms with Gasteiger partial charge < -0.3 is 15.1 Å². The molecule has 1 aromatic heterocycles. The van der Waals surface area contributed by atoms with Gasteiger partial charge in [0.25, 0.3) is 0 Å². The first-order chi connectivity index (χ1) is 9.28. The largest absolute Gasteiger partial charge is 0.407 e. The molecule has 0 aliphatic carbocycles. The normalized spacial score (nSPS) is 10.6. The molecule has 0 spiro atoms. The predicted molar refractivity (Wildman–Crippen MR) is 75.1 cm³/mol. The first-order valence-electron chi connectivity index (χ1n) is 6.29. The molecule has 0 aliphatic heterocycles. The highest BCUT2D eigenvalue weighted by Crippen LogP contribution is 2.12. The quantitative estimate of drug-likeness (QED) is 0.764. The lowest BCUT2D eigenvalue weighted by Gasteiger charge is -2.02. The smallest absolute Gasteiger partial charge is 0.315 e. The van der Waals surface area contributed by atoms with Crippen LogP contribution in [0.4, 0.5) is 6.01 Å². The monoisotopic (exact) mass is 280 g/mol. The van der Waals surface area contributed by atoms with E-state index in [4.69, 9.17) is 16.0 Å². The maximum absolute atomic E-state index is 5.91.